The van der Waals surface area contributed by atoms with Crippen LogP contribution in [0.5, 0.6) is 0 Å². The van der Waals surface area contributed by atoms with E-state index in [1.165, 1.54) is 0 Å². The number of aromatic nitrogens is 2. The van der Waals surface area contributed by atoms with Crippen molar-refractivity contribution in [3.63, 3.8) is 0 Å². The molecule has 2 heterocycles. The highest BCUT2D eigenvalue weighted by Crippen LogP contribution is 2.43. The Morgan fingerprint density at radius 3 is 3.00 bits per heavy atom. The molecule has 0 radical (unpaired) electrons. The van der Waals surface area contributed by atoms with E-state index >= 15 is 0 Å². The van der Waals surface area contributed by atoms with Crippen molar-refractivity contribution >= 4 is 23.5 Å². The summed E-state index contributed by atoms with van der Waals surface area (Å²) in [5, 5.41) is 14.2. The van der Waals surface area contributed by atoms with E-state index in [0.29, 0.717) is 34.5 Å². The van der Waals surface area contributed by atoms with Crippen molar-refractivity contribution in [1.29, 1.82) is 5.26 Å². The van der Waals surface area contributed by atoms with Gasteiger partial charge in [0.15, 0.2) is 5.82 Å². The van der Waals surface area contributed by atoms with E-state index in [0.717, 1.165) is 18.0 Å². The first-order valence-electron chi connectivity index (χ1n) is 6.17. The Kier molecular flexibility index (Phi) is 4.95. The molecule has 1 aliphatic heterocycles. The third-order valence-corrected chi connectivity index (χ3v) is 6.39. The van der Waals surface area contributed by atoms with Crippen molar-refractivity contribution in [1.82, 2.24) is 10.1 Å². The Labute approximate surface area is 116 Å². The average Bonchev–Trinajstić information content (AvgIpc) is 2.82. The summed E-state index contributed by atoms with van der Waals surface area (Å²) in [6, 6.07) is 2.12. The first-order chi connectivity index (χ1) is 8.70. The van der Waals surface area contributed by atoms with E-state index in [-0.39, 0.29) is 0 Å². The minimum atomic E-state index is 0.342. The van der Waals surface area contributed by atoms with Crippen LogP contribution in [0.15, 0.2) is 4.52 Å². The third-order valence-electron chi connectivity index (χ3n) is 3.00. The highest BCUT2D eigenvalue weighted by Gasteiger charge is 2.29. The van der Waals surface area contributed by atoms with Gasteiger partial charge in [0.05, 0.1) is 11.3 Å². The van der Waals surface area contributed by atoms with Crippen LogP contribution in [0, 0.1) is 11.3 Å². The molecule has 3 atom stereocenters. The predicted molar refractivity (Wildman–Crippen MR) is 74.6 cm³/mol. The van der Waals surface area contributed by atoms with Crippen molar-refractivity contribution in [3.05, 3.63) is 11.7 Å². The minimum Gasteiger partial charge on any atom is -0.339 e. The van der Waals surface area contributed by atoms with Crippen LogP contribution >= 0.6 is 23.5 Å². The first-order valence-corrected chi connectivity index (χ1v) is 8.16. The second-order valence-electron chi connectivity index (χ2n) is 4.43. The van der Waals surface area contributed by atoms with Gasteiger partial charge in [0, 0.05) is 29.1 Å². The Balaban J connectivity index is 1.91. The van der Waals surface area contributed by atoms with E-state index in [9.17, 15) is 0 Å². The molecule has 0 aromatic carbocycles. The zero-order valence-corrected chi connectivity index (χ0v) is 12.3. The van der Waals surface area contributed by atoms with Gasteiger partial charge in [0.25, 0.3) is 0 Å². The second kappa shape index (κ2) is 6.48. The van der Waals surface area contributed by atoms with Crippen LogP contribution in [0.25, 0.3) is 0 Å². The second-order valence-corrected chi connectivity index (χ2v) is 7.42. The summed E-state index contributed by atoms with van der Waals surface area (Å²) in [5.41, 5.74) is 0. The van der Waals surface area contributed by atoms with E-state index in [1.807, 2.05) is 23.5 Å². The molecule has 1 fully saturated rings. The standard InChI is InChI=1S/C12H17N3OS2/c1-8-9(2)18-10(7-17-8)12-14-11(16-15-12)5-3-4-6-13/h8-10H,3-5,7H2,1-2H3. The van der Waals surface area contributed by atoms with E-state index in [2.05, 4.69) is 30.1 Å². The number of hydrogen-bond donors (Lipinski definition) is 0. The summed E-state index contributed by atoms with van der Waals surface area (Å²) >= 11 is 3.91. The van der Waals surface area contributed by atoms with Crippen molar-refractivity contribution in [2.45, 2.75) is 48.9 Å². The van der Waals surface area contributed by atoms with E-state index in [4.69, 9.17) is 9.78 Å². The van der Waals surface area contributed by atoms with Gasteiger partial charge < -0.3 is 4.52 Å². The van der Waals surface area contributed by atoms with E-state index in [1.54, 1.807) is 0 Å². The fraction of sp³-hybridized carbons (Fsp3) is 0.750. The van der Waals surface area contributed by atoms with Gasteiger partial charge in [0.1, 0.15) is 0 Å². The fourth-order valence-electron chi connectivity index (χ4n) is 1.74. The summed E-state index contributed by atoms with van der Waals surface area (Å²) in [7, 11) is 0. The van der Waals surface area contributed by atoms with Crippen LogP contribution in [-0.4, -0.2) is 26.4 Å². The molecule has 0 spiro atoms. The molecule has 0 aliphatic carbocycles. The van der Waals surface area contributed by atoms with Gasteiger partial charge in [-0.2, -0.15) is 22.0 Å². The predicted octanol–water partition coefficient (Wildman–Crippen LogP) is 3.21. The molecule has 0 N–H and O–H groups in total. The normalized spacial score (nSPS) is 27.9. The number of aryl methyl sites for hydroxylation is 1. The van der Waals surface area contributed by atoms with Gasteiger partial charge >= 0.3 is 0 Å². The lowest BCUT2D eigenvalue weighted by atomic mass is 10.2. The molecule has 18 heavy (non-hydrogen) atoms. The number of rotatable bonds is 4. The maximum Gasteiger partial charge on any atom is 0.226 e. The molecule has 4 nitrogen and oxygen atoms in total. The highest BCUT2D eigenvalue weighted by molar-refractivity contribution is 8.07. The fourth-order valence-corrected chi connectivity index (χ4v) is 4.57. The lowest BCUT2D eigenvalue weighted by Gasteiger charge is -2.29. The summed E-state index contributed by atoms with van der Waals surface area (Å²) in [6.07, 6.45) is 2.04. The van der Waals surface area contributed by atoms with Gasteiger partial charge in [-0.05, 0) is 6.42 Å². The third kappa shape index (κ3) is 3.42. The van der Waals surface area contributed by atoms with Crippen molar-refractivity contribution in [2.75, 3.05) is 5.75 Å². The Hall–Kier alpha value is -0.670. The van der Waals surface area contributed by atoms with Gasteiger partial charge in [-0.25, -0.2) is 0 Å². The Morgan fingerprint density at radius 1 is 1.44 bits per heavy atom. The summed E-state index contributed by atoms with van der Waals surface area (Å²) in [4.78, 5) is 4.44. The molecule has 1 aromatic rings. The van der Waals surface area contributed by atoms with Crippen LogP contribution < -0.4 is 0 Å². The summed E-state index contributed by atoms with van der Waals surface area (Å²) in [6.45, 7) is 4.52. The number of thioether (sulfide) groups is 2. The van der Waals surface area contributed by atoms with Crippen molar-refractivity contribution in [2.24, 2.45) is 0 Å². The molecule has 1 aromatic heterocycles. The molecule has 1 saturated heterocycles. The van der Waals surface area contributed by atoms with Crippen LogP contribution in [0.2, 0.25) is 0 Å². The molecular weight excluding hydrogens is 266 g/mol. The van der Waals surface area contributed by atoms with Gasteiger partial charge in [-0.3, -0.25) is 0 Å². The number of nitriles is 1. The first kappa shape index (κ1) is 13.8. The van der Waals surface area contributed by atoms with Crippen LogP contribution in [0.4, 0.5) is 0 Å². The molecule has 98 valence electrons. The largest absolute Gasteiger partial charge is 0.339 e. The lowest BCUT2D eigenvalue weighted by molar-refractivity contribution is 0.371. The quantitative estimate of drug-likeness (QED) is 0.791. The average molecular weight is 283 g/mol. The number of nitrogens with zero attached hydrogens (tertiary/aromatic N) is 3. The molecule has 1 aliphatic rings. The van der Waals surface area contributed by atoms with Gasteiger partial charge in [-0.15, -0.1) is 11.8 Å². The number of unbranched alkanes of at least 4 members (excludes halogenated alkanes) is 1. The maximum absolute atomic E-state index is 8.48. The molecule has 6 heteroatoms. The summed E-state index contributed by atoms with van der Waals surface area (Å²) < 4.78 is 5.23. The zero-order chi connectivity index (χ0) is 13.0. The Morgan fingerprint density at radius 2 is 2.28 bits per heavy atom. The monoisotopic (exact) mass is 283 g/mol. The van der Waals surface area contributed by atoms with Gasteiger partial charge in [0.2, 0.25) is 5.89 Å². The maximum atomic E-state index is 8.48. The van der Waals surface area contributed by atoms with Crippen molar-refractivity contribution < 1.29 is 4.52 Å². The van der Waals surface area contributed by atoms with Gasteiger partial charge in [-0.1, -0.05) is 19.0 Å². The molecule has 2 rings (SSSR count). The molecule has 0 amide bonds. The topological polar surface area (TPSA) is 62.7 Å². The number of hydrogen-bond acceptors (Lipinski definition) is 6. The molecular formula is C12H17N3OS2. The van der Waals surface area contributed by atoms with Crippen LogP contribution in [-0.2, 0) is 6.42 Å². The molecule has 0 bridgehead atoms. The molecule has 0 saturated carbocycles. The smallest absolute Gasteiger partial charge is 0.226 e. The summed E-state index contributed by atoms with van der Waals surface area (Å²) in [5.74, 6) is 2.53. The lowest BCUT2D eigenvalue weighted by Crippen LogP contribution is -2.22. The Bertz CT molecular complexity index is 429. The van der Waals surface area contributed by atoms with Crippen molar-refractivity contribution in [3.8, 4) is 6.07 Å². The SMILES string of the molecule is CC1SCC(c2noc(CCCC#N)n2)SC1C. The minimum absolute atomic E-state index is 0.342. The highest BCUT2D eigenvalue weighted by atomic mass is 32.2. The zero-order valence-electron chi connectivity index (χ0n) is 10.6. The van der Waals surface area contributed by atoms with Crippen LogP contribution in [0.1, 0.15) is 43.7 Å². The van der Waals surface area contributed by atoms with Crippen LogP contribution in [0.3, 0.4) is 0 Å². The van der Waals surface area contributed by atoms with E-state index < -0.39 is 0 Å². The molecule has 3 unspecified atom stereocenters.